The van der Waals surface area contributed by atoms with Gasteiger partial charge in [-0.15, -0.1) is 0 Å². The van der Waals surface area contributed by atoms with Crippen molar-refractivity contribution in [3.8, 4) is 5.75 Å². The number of carbonyl (C=O) groups is 2. The molecular weight excluding hydrogens is 406 g/mol. The Kier molecular flexibility index (Phi) is 6.52. The molecule has 2 heterocycles. The number of carbonyl (C=O) groups excluding carboxylic acids is 2. The van der Waals surface area contributed by atoms with Gasteiger partial charge in [-0.1, -0.05) is 6.92 Å². The van der Waals surface area contributed by atoms with Crippen LogP contribution in [0.2, 0.25) is 0 Å². The molecule has 1 aromatic heterocycles. The smallest absolute Gasteiger partial charge is 0.428 e. The first-order valence-electron chi connectivity index (χ1n) is 10.1. The predicted molar refractivity (Wildman–Crippen MR) is 116 cm³/mol. The molecule has 164 valence electrons. The lowest BCUT2D eigenvalue weighted by Gasteiger charge is -2.30. The average Bonchev–Trinajstić information content (AvgIpc) is 3.09. The minimum Gasteiger partial charge on any atom is -0.428 e. The highest BCUT2D eigenvalue weighted by molar-refractivity contribution is 7.82. The van der Waals surface area contributed by atoms with Gasteiger partial charge in [-0.25, -0.2) is 13.3 Å². The van der Waals surface area contributed by atoms with Gasteiger partial charge in [0.05, 0.1) is 22.1 Å². The summed E-state index contributed by atoms with van der Waals surface area (Å²) in [4.78, 5) is 27.3. The van der Waals surface area contributed by atoms with E-state index >= 15 is 0 Å². The number of hydrogen-bond donors (Lipinski definition) is 2. The fraction of sp³-hybridized carbons (Fsp3) is 0.524. The summed E-state index contributed by atoms with van der Waals surface area (Å²) in [6.45, 7) is 8.64. The van der Waals surface area contributed by atoms with Crippen LogP contribution in [0.15, 0.2) is 18.3 Å². The summed E-state index contributed by atoms with van der Waals surface area (Å²) in [7, 11) is -0.938. The van der Waals surface area contributed by atoms with Gasteiger partial charge in [-0.3, -0.25) is 4.79 Å². The Morgan fingerprint density at radius 2 is 1.93 bits per heavy atom. The van der Waals surface area contributed by atoms with Crippen molar-refractivity contribution >= 4 is 34.0 Å². The fourth-order valence-electron chi connectivity index (χ4n) is 3.74. The number of H-pyrrole nitrogens is 1. The van der Waals surface area contributed by atoms with Crippen LogP contribution in [-0.2, 0) is 15.7 Å². The molecule has 1 aliphatic rings. The molecule has 1 amide bonds. The number of nitrogens with one attached hydrogen (secondary N) is 1. The van der Waals surface area contributed by atoms with Gasteiger partial charge in [0.1, 0.15) is 11.4 Å². The Balaban J connectivity index is 1.90. The third-order valence-electron chi connectivity index (χ3n) is 5.08. The average molecular weight is 436 g/mol. The van der Waals surface area contributed by atoms with Crippen molar-refractivity contribution < 1.29 is 23.3 Å². The third kappa shape index (κ3) is 5.02. The summed E-state index contributed by atoms with van der Waals surface area (Å²) in [5, 5.41) is 0.792. The maximum absolute atomic E-state index is 12.1. The van der Waals surface area contributed by atoms with Crippen LogP contribution in [0.25, 0.3) is 10.9 Å². The number of nitrogens with zero attached hydrogens (tertiary/aromatic N) is 1. The number of amides is 1. The van der Waals surface area contributed by atoms with Crippen LogP contribution < -0.4 is 10.5 Å². The first-order valence-corrected chi connectivity index (χ1v) is 11.4. The van der Waals surface area contributed by atoms with Crippen molar-refractivity contribution in [2.45, 2.75) is 52.1 Å². The third-order valence-corrected chi connectivity index (χ3v) is 6.51. The maximum atomic E-state index is 12.1. The van der Waals surface area contributed by atoms with Gasteiger partial charge in [0, 0.05) is 30.4 Å². The second-order valence-electron chi connectivity index (χ2n) is 8.38. The van der Waals surface area contributed by atoms with Gasteiger partial charge in [-0.2, -0.15) is 0 Å². The van der Waals surface area contributed by atoms with Gasteiger partial charge in [0.25, 0.3) is 5.91 Å². The predicted octanol–water partition coefficient (Wildman–Crippen LogP) is 3.44. The molecule has 1 aromatic carbocycles. The molecule has 0 bridgehead atoms. The Labute approximate surface area is 178 Å². The van der Waals surface area contributed by atoms with Gasteiger partial charge < -0.3 is 20.2 Å². The van der Waals surface area contributed by atoms with Crippen molar-refractivity contribution in [3.05, 3.63) is 29.5 Å². The van der Waals surface area contributed by atoms with E-state index in [0.29, 0.717) is 11.3 Å². The number of nitrogens with two attached hydrogens (primary N) is 1. The largest absolute Gasteiger partial charge is 0.514 e. The van der Waals surface area contributed by atoms with Crippen LogP contribution in [0.1, 0.15) is 62.4 Å². The molecule has 8 nitrogen and oxygen atoms in total. The number of fused-ring (bicyclic) bond motifs is 1. The molecule has 1 unspecified atom stereocenters. The van der Waals surface area contributed by atoms with Gasteiger partial charge in [0.2, 0.25) is 0 Å². The van der Waals surface area contributed by atoms with E-state index in [4.69, 9.17) is 15.2 Å². The number of benzene rings is 1. The Bertz CT molecular complexity index is 971. The number of ether oxygens (including phenoxy) is 2. The minimum absolute atomic E-state index is 0.205. The first-order chi connectivity index (χ1) is 14.1. The Hall–Kier alpha value is -2.39. The molecule has 3 N–H and O–H groups in total. The van der Waals surface area contributed by atoms with Crippen LogP contribution in [0.3, 0.4) is 0 Å². The zero-order valence-electron chi connectivity index (χ0n) is 17.8. The minimum atomic E-state index is -0.938. The number of hydrogen-bond acceptors (Lipinski definition) is 5. The summed E-state index contributed by atoms with van der Waals surface area (Å²) in [5.74, 6) is 0.443. The molecule has 2 aromatic rings. The van der Waals surface area contributed by atoms with Crippen molar-refractivity contribution in [2.24, 2.45) is 5.73 Å². The molecule has 0 radical (unpaired) electrons. The number of aromatic amines is 1. The zero-order chi connectivity index (χ0) is 22.1. The van der Waals surface area contributed by atoms with Gasteiger partial charge >= 0.3 is 6.16 Å². The van der Waals surface area contributed by atoms with Gasteiger partial charge in [-0.05, 0) is 57.2 Å². The monoisotopic (exact) mass is 435 g/mol. The molecule has 0 spiro atoms. The van der Waals surface area contributed by atoms with E-state index in [9.17, 15) is 13.8 Å². The summed E-state index contributed by atoms with van der Waals surface area (Å²) >= 11 is 0. The number of aromatic nitrogens is 1. The van der Waals surface area contributed by atoms with E-state index in [2.05, 4.69) is 4.98 Å². The maximum Gasteiger partial charge on any atom is 0.514 e. The van der Waals surface area contributed by atoms with Crippen molar-refractivity contribution in [3.63, 3.8) is 0 Å². The van der Waals surface area contributed by atoms with E-state index in [1.165, 1.54) is 6.07 Å². The topological polar surface area (TPSA) is 115 Å². The lowest BCUT2D eigenvalue weighted by Crippen LogP contribution is -2.35. The molecule has 1 atom stereocenters. The molecule has 9 heteroatoms. The van der Waals surface area contributed by atoms with Crippen molar-refractivity contribution in [1.29, 1.82) is 0 Å². The fourth-order valence-corrected chi connectivity index (χ4v) is 4.72. The molecule has 1 saturated heterocycles. The lowest BCUT2D eigenvalue weighted by molar-refractivity contribution is 0.0206. The van der Waals surface area contributed by atoms with Crippen LogP contribution in [-0.4, -0.2) is 50.0 Å². The standard InChI is InChI=1S/C21H29N3O5S/c1-5-30(27)24-8-6-13(7-9-24)17-12-23-18-15(17)10-14(11-16(18)19(22)25)28-20(26)29-21(2,3)4/h10-13,23H,5-9H2,1-4H3,(H2,22,25). The number of rotatable bonds is 5. The molecule has 30 heavy (non-hydrogen) atoms. The van der Waals surface area contributed by atoms with Crippen LogP contribution >= 0.6 is 0 Å². The normalized spacial score (nSPS) is 17.1. The highest BCUT2D eigenvalue weighted by atomic mass is 32.2. The first kappa shape index (κ1) is 22.3. The van der Waals surface area contributed by atoms with Gasteiger partial charge in [0.15, 0.2) is 0 Å². The number of piperidine rings is 1. The summed E-state index contributed by atoms with van der Waals surface area (Å²) in [6, 6.07) is 3.18. The van der Waals surface area contributed by atoms with E-state index in [1.807, 2.05) is 17.4 Å². The van der Waals surface area contributed by atoms with E-state index in [-0.39, 0.29) is 17.2 Å². The SMILES string of the molecule is CCS(=O)N1CCC(c2c[nH]c3c(C(N)=O)cc(OC(=O)OC(C)(C)C)cc23)CC1. The summed E-state index contributed by atoms with van der Waals surface area (Å²) in [5.41, 5.74) is 6.77. The quantitative estimate of drug-likeness (QED) is 0.551. The zero-order valence-corrected chi connectivity index (χ0v) is 18.6. The highest BCUT2D eigenvalue weighted by Crippen LogP contribution is 2.36. The second kappa shape index (κ2) is 8.77. The van der Waals surface area contributed by atoms with E-state index < -0.39 is 28.6 Å². The van der Waals surface area contributed by atoms with Crippen LogP contribution in [0.5, 0.6) is 5.75 Å². The molecule has 3 rings (SSSR count). The van der Waals surface area contributed by atoms with Crippen molar-refractivity contribution in [1.82, 2.24) is 9.29 Å². The number of primary amides is 1. The molecule has 0 saturated carbocycles. The van der Waals surface area contributed by atoms with Crippen LogP contribution in [0.4, 0.5) is 4.79 Å². The van der Waals surface area contributed by atoms with E-state index in [1.54, 1.807) is 26.8 Å². The lowest BCUT2D eigenvalue weighted by atomic mass is 9.89. The molecular formula is C21H29N3O5S. The Morgan fingerprint density at radius 3 is 2.50 bits per heavy atom. The van der Waals surface area contributed by atoms with Crippen LogP contribution in [0, 0.1) is 0 Å². The van der Waals surface area contributed by atoms with E-state index in [0.717, 1.165) is 36.9 Å². The highest BCUT2D eigenvalue weighted by Gasteiger charge is 2.27. The summed E-state index contributed by atoms with van der Waals surface area (Å²) < 4.78 is 24.6. The molecule has 1 aliphatic heterocycles. The molecule has 0 aliphatic carbocycles. The van der Waals surface area contributed by atoms with Crippen molar-refractivity contribution in [2.75, 3.05) is 18.8 Å². The molecule has 1 fully saturated rings. The second-order valence-corrected chi connectivity index (χ2v) is 10.1. The Morgan fingerprint density at radius 1 is 1.27 bits per heavy atom. The summed E-state index contributed by atoms with van der Waals surface area (Å²) in [6.07, 6.45) is 2.74.